The van der Waals surface area contributed by atoms with Crippen LogP contribution in [0.25, 0.3) is 10.8 Å². The number of amides is 2. The molecule has 0 aromatic heterocycles. The van der Waals surface area contributed by atoms with Crippen molar-refractivity contribution in [2.45, 2.75) is 6.54 Å². The Balaban J connectivity index is 1.52. The largest absolute Gasteiger partial charge is 0.334 e. The van der Waals surface area contributed by atoms with Crippen molar-refractivity contribution < 1.29 is 4.79 Å². The van der Waals surface area contributed by atoms with Crippen molar-refractivity contribution in [1.29, 1.82) is 0 Å². The second kappa shape index (κ2) is 8.23. The fraction of sp³-hybridized carbons (Fsp3) is 0.0952. The van der Waals surface area contributed by atoms with Crippen LogP contribution in [-0.4, -0.2) is 12.6 Å². The lowest BCUT2D eigenvalue weighted by molar-refractivity contribution is 0.241. The molecule has 4 heteroatoms. The molecule has 3 aromatic rings. The Morgan fingerprint density at radius 1 is 0.960 bits per heavy atom. The number of carbonyl (C=O) groups is 1. The van der Waals surface area contributed by atoms with Crippen molar-refractivity contribution in [1.82, 2.24) is 10.6 Å². The first kappa shape index (κ1) is 16.9. The summed E-state index contributed by atoms with van der Waals surface area (Å²) in [5.41, 5.74) is 1.91. The van der Waals surface area contributed by atoms with Gasteiger partial charge in [-0.05, 0) is 34.5 Å². The van der Waals surface area contributed by atoms with Crippen molar-refractivity contribution in [3.8, 4) is 11.8 Å². The van der Waals surface area contributed by atoms with Crippen LogP contribution in [0.2, 0.25) is 5.02 Å². The minimum absolute atomic E-state index is 0.242. The quantitative estimate of drug-likeness (QED) is 0.679. The van der Waals surface area contributed by atoms with Crippen LogP contribution in [-0.2, 0) is 6.54 Å². The van der Waals surface area contributed by atoms with Crippen molar-refractivity contribution >= 4 is 28.4 Å². The average Bonchev–Trinajstić information content (AvgIpc) is 2.63. The van der Waals surface area contributed by atoms with E-state index in [0.29, 0.717) is 11.6 Å². The van der Waals surface area contributed by atoms with Crippen molar-refractivity contribution in [2.24, 2.45) is 0 Å². The molecule has 0 bridgehead atoms. The Kier molecular flexibility index (Phi) is 5.56. The molecule has 0 aliphatic rings. The van der Waals surface area contributed by atoms with Gasteiger partial charge in [0.15, 0.2) is 0 Å². The second-order valence-electron chi connectivity index (χ2n) is 5.49. The number of fused-ring (bicyclic) bond motifs is 1. The molecule has 0 fully saturated rings. The molecule has 3 aromatic carbocycles. The minimum atomic E-state index is -0.242. The van der Waals surface area contributed by atoms with E-state index >= 15 is 0 Å². The molecule has 2 amide bonds. The number of nitrogens with one attached hydrogen (secondary N) is 2. The van der Waals surface area contributed by atoms with Crippen molar-refractivity contribution in [2.75, 3.05) is 6.54 Å². The topological polar surface area (TPSA) is 41.1 Å². The third-order valence-corrected chi connectivity index (χ3v) is 3.95. The first-order chi connectivity index (χ1) is 12.2. The van der Waals surface area contributed by atoms with Crippen LogP contribution < -0.4 is 10.6 Å². The molecule has 0 aliphatic heterocycles. The Hall–Kier alpha value is -2.96. The Bertz CT molecular complexity index is 951. The highest BCUT2D eigenvalue weighted by atomic mass is 35.5. The van der Waals surface area contributed by atoms with E-state index in [1.807, 2.05) is 36.4 Å². The Morgan fingerprint density at radius 3 is 2.64 bits per heavy atom. The number of halogens is 1. The number of urea groups is 1. The highest BCUT2D eigenvalue weighted by Gasteiger charge is 2.02. The average molecular weight is 349 g/mol. The maximum Gasteiger partial charge on any atom is 0.315 e. The zero-order valence-electron chi connectivity index (χ0n) is 13.6. The maximum absolute atomic E-state index is 11.9. The van der Waals surface area contributed by atoms with Crippen LogP contribution in [0, 0.1) is 11.8 Å². The van der Waals surface area contributed by atoms with E-state index in [9.17, 15) is 4.79 Å². The number of hydrogen-bond donors (Lipinski definition) is 2. The normalized spacial score (nSPS) is 9.96. The van der Waals surface area contributed by atoms with E-state index in [4.69, 9.17) is 11.6 Å². The summed E-state index contributed by atoms with van der Waals surface area (Å²) in [4.78, 5) is 11.9. The number of benzene rings is 3. The molecule has 0 saturated heterocycles. The molecule has 0 saturated carbocycles. The van der Waals surface area contributed by atoms with Gasteiger partial charge in [0.25, 0.3) is 0 Å². The van der Waals surface area contributed by atoms with Gasteiger partial charge in [-0.25, -0.2) is 4.79 Å². The lowest BCUT2D eigenvalue weighted by atomic mass is 10.0. The van der Waals surface area contributed by atoms with Gasteiger partial charge in [0, 0.05) is 17.1 Å². The Morgan fingerprint density at radius 2 is 1.76 bits per heavy atom. The second-order valence-corrected chi connectivity index (χ2v) is 5.92. The van der Waals surface area contributed by atoms with Crippen LogP contribution in [0.15, 0.2) is 66.7 Å². The summed E-state index contributed by atoms with van der Waals surface area (Å²) in [7, 11) is 0. The van der Waals surface area contributed by atoms with Gasteiger partial charge < -0.3 is 10.6 Å². The van der Waals surface area contributed by atoms with E-state index in [1.54, 1.807) is 12.1 Å². The molecular weight excluding hydrogens is 332 g/mol. The van der Waals surface area contributed by atoms with Gasteiger partial charge in [-0.3, -0.25) is 0 Å². The molecule has 25 heavy (non-hydrogen) atoms. The van der Waals surface area contributed by atoms with E-state index in [1.165, 1.54) is 0 Å². The zero-order chi connectivity index (χ0) is 17.5. The van der Waals surface area contributed by atoms with E-state index < -0.39 is 0 Å². The number of hydrogen-bond acceptors (Lipinski definition) is 1. The maximum atomic E-state index is 11.9. The molecule has 0 heterocycles. The standard InChI is InChI=1S/C21H17ClN2O/c22-19-11-3-6-16(14-19)7-5-13-23-21(25)24-15-18-10-4-9-17-8-1-2-12-20(17)18/h1-4,6,8-12,14H,13,15H2,(H2,23,24,25). The summed E-state index contributed by atoms with van der Waals surface area (Å²) in [6.45, 7) is 0.739. The summed E-state index contributed by atoms with van der Waals surface area (Å²) in [5, 5.41) is 8.54. The molecule has 3 nitrogen and oxygen atoms in total. The van der Waals surface area contributed by atoms with Crippen LogP contribution in [0.1, 0.15) is 11.1 Å². The highest BCUT2D eigenvalue weighted by Crippen LogP contribution is 2.18. The third-order valence-electron chi connectivity index (χ3n) is 3.71. The fourth-order valence-electron chi connectivity index (χ4n) is 2.52. The summed E-state index contributed by atoms with van der Waals surface area (Å²) >= 11 is 5.90. The third kappa shape index (κ3) is 4.76. The molecule has 3 rings (SSSR count). The van der Waals surface area contributed by atoms with Gasteiger partial charge in [0.2, 0.25) is 0 Å². The summed E-state index contributed by atoms with van der Waals surface area (Å²) in [6.07, 6.45) is 0. The Labute approximate surface area is 152 Å². The molecule has 124 valence electrons. The van der Waals surface area contributed by atoms with Gasteiger partial charge in [0.1, 0.15) is 0 Å². The van der Waals surface area contributed by atoms with Crippen molar-refractivity contribution in [3.05, 3.63) is 82.9 Å². The summed E-state index contributed by atoms with van der Waals surface area (Å²) in [5.74, 6) is 5.87. The van der Waals surface area contributed by atoms with E-state index in [0.717, 1.165) is 21.9 Å². The molecule has 2 N–H and O–H groups in total. The van der Waals surface area contributed by atoms with E-state index in [2.05, 4.69) is 40.7 Å². The predicted octanol–water partition coefficient (Wildman–Crippen LogP) is 4.34. The lowest BCUT2D eigenvalue weighted by Crippen LogP contribution is -2.35. The van der Waals surface area contributed by atoms with Gasteiger partial charge in [-0.15, -0.1) is 0 Å². The van der Waals surface area contributed by atoms with Gasteiger partial charge in [-0.1, -0.05) is 72.0 Å². The number of rotatable bonds is 3. The molecule has 0 aliphatic carbocycles. The van der Waals surface area contributed by atoms with Gasteiger partial charge >= 0.3 is 6.03 Å². The zero-order valence-corrected chi connectivity index (χ0v) is 14.3. The molecule has 0 unspecified atom stereocenters. The molecule has 0 radical (unpaired) electrons. The van der Waals surface area contributed by atoms with Gasteiger partial charge in [-0.2, -0.15) is 0 Å². The number of carbonyl (C=O) groups excluding carboxylic acids is 1. The smallest absolute Gasteiger partial charge is 0.315 e. The van der Waals surface area contributed by atoms with Crippen LogP contribution in [0.3, 0.4) is 0 Å². The molecule has 0 spiro atoms. The van der Waals surface area contributed by atoms with Crippen LogP contribution in [0.4, 0.5) is 4.79 Å². The predicted molar refractivity (Wildman–Crippen MR) is 103 cm³/mol. The highest BCUT2D eigenvalue weighted by molar-refractivity contribution is 6.30. The van der Waals surface area contributed by atoms with Crippen molar-refractivity contribution in [3.63, 3.8) is 0 Å². The van der Waals surface area contributed by atoms with Gasteiger partial charge in [0.05, 0.1) is 6.54 Å². The SMILES string of the molecule is O=C(NCC#Cc1cccc(Cl)c1)NCc1cccc2ccccc12. The first-order valence-corrected chi connectivity index (χ1v) is 8.33. The first-order valence-electron chi connectivity index (χ1n) is 7.95. The fourth-order valence-corrected chi connectivity index (χ4v) is 2.71. The molecular formula is C21H17ClN2O. The minimum Gasteiger partial charge on any atom is -0.334 e. The van der Waals surface area contributed by atoms with Crippen LogP contribution in [0.5, 0.6) is 0 Å². The lowest BCUT2D eigenvalue weighted by Gasteiger charge is -2.08. The van der Waals surface area contributed by atoms with Crippen LogP contribution >= 0.6 is 11.6 Å². The summed E-state index contributed by atoms with van der Waals surface area (Å²) in [6, 6.07) is 21.2. The monoisotopic (exact) mass is 348 g/mol. The van der Waals surface area contributed by atoms with E-state index in [-0.39, 0.29) is 12.6 Å². The molecule has 0 atom stereocenters. The summed E-state index contributed by atoms with van der Waals surface area (Å²) < 4.78 is 0.